The summed E-state index contributed by atoms with van der Waals surface area (Å²) >= 11 is 1.82. The molecule has 2 heteroatoms. The minimum atomic E-state index is 0.799. The Bertz CT molecular complexity index is 707. The second kappa shape index (κ2) is 4.06. The van der Waals surface area contributed by atoms with Crippen LogP contribution in [0.1, 0.15) is 37.2 Å². The lowest BCUT2D eigenvalue weighted by atomic mass is 9.97. The quantitative estimate of drug-likeness (QED) is 0.587. The van der Waals surface area contributed by atoms with Gasteiger partial charge in [-0.3, -0.25) is 0 Å². The van der Waals surface area contributed by atoms with Crippen LogP contribution in [0.15, 0.2) is 36.5 Å². The van der Waals surface area contributed by atoms with E-state index in [0.29, 0.717) is 0 Å². The molecule has 18 heavy (non-hydrogen) atoms. The van der Waals surface area contributed by atoms with E-state index in [4.69, 9.17) is 0 Å². The highest BCUT2D eigenvalue weighted by Gasteiger charge is 2.17. The van der Waals surface area contributed by atoms with Gasteiger partial charge in [-0.15, -0.1) is 11.3 Å². The lowest BCUT2D eigenvalue weighted by molar-refractivity contribution is 0.724. The second-order valence-corrected chi connectivity index (χ2v) is 6.23. The largest absolute Gasteiger partial charge is 0.245 e. The maximum atomic E-state index is 4.46. The van der Waals surface area contributed by atoms with Crippen molar-refractivity contribution in [3.8, 4) is 0 Å². The molecule has 0 radical (unpaired) electrons. The average Bonchev–Trinajstić information content (AvgIpc) is 3.05. The summed E-state index contributed by atoms with van der Waals surface area (Å²) in [4.78, 5) is 5.63. The molecule has 1 saturated carbocycles. The Morgan fingerprint density at radius 2 is 1.94 bits per heavy atom. The first kappa shape index (κ1) is 10.5. The van der Waals surface area contributed by atoms with Crippen molar-refractivity contribution in [2.24, 2.45) is 0 Å². The first-order valence-electron chi connectivity index (χ1n) is 6.69. The van der Waals surface area contributed by atoms with Crippen LogP contribution in [0.25, 0.3) is 20.3 Å². The minimum absolute atomic E-state index is 0.799. The third-order valence-corrected chi connectivity index (χ3v) is 5.18. The SMILES string of the molecule is c1cnc2sc3cc(C4CCCC4)ccc3c2c1. The van der Waals surface area contributed by atoms with Crippen molar-refractivity contribution in [3.63, 3.8) is 0 Å². The van der Waals surface area contributed by atoms with Gasteiger partial charge in [0.15, 0.2) is 0 Å². The Hall–Kier alpha value is -1.41. The molecule has 4 rings (SSSR count). The fourth-order valence-electron chi connectivity index (χ4n) is 3.14. The van der Waals surface area contributed by atoms with Gasteiger partial charge in [-0.05, 0) is 42.5 Å². The van der Waals surface area contributed by atoms with Gasteiger partial charge in [0.05, 0.1) is 0 Å². The van der Waals surface area contributed by atoms with Crippen LogP contribution in [0.5, 0.6) is 0 Å². The first-order valence-corrected chi connectivity index (χ1v) is 7.51. The molecule has 0 atom stereocenters. The van der Waals surface area contributed by atoms with Crippen molar-refractivity contribution in [3.05, 3.63) is 42.1 Å². The molecular formula is C16H15NS. The molecule has 3 aromatic rings. The molecule has 1 nitrogen and oxygen atoms in total. The van der Waals surface area contributed by atoms with E-state index < -0.39 is 0 Å². The lowest BCUT2D eigenvalue weighted by Crippen LogP contribution is -1.90. The maximum absolute atomic E-state index is 4.46. The van der Waals surface area contributed by atoms with Crippen molar-refractivity contribution in [2.75, 3.05) is 0 Å². The summed E-state index contributed by atoms with van der Waals surface area (Å²) < 4.78 is 1.40. The lowest BCUT2D eigenvalue weighted by Gasteiger charge is -2.08. The predicted octanol–water partition coefficient (Wildman–Crippen LogP) is 5.11. The van der Waals surface area contributed by atoms with E-state index in [-0.39, 0.29) is 0 Å². The van der Waals surface area contributed by atoms with E-state index in [1.54, 1.807) is 0 Å². The number of hydrogen-bond acceptors (Lipinski definition) is 2. The van der Waals surface area contributed by atoms with Crippen LogP contribution in [-0.2, 0) is 0 Å². The summed E-state index contributed by atoms with van der Waals surface area (Å²) in [5.74, 6) is 0.799. The van der Waals surface area contributed by atoms with Crippen LogP contribution in [0.3, 0.4) is 0 Å². The number of nitrogens with zero attached hydrogens (tertiary/aromatic N) is 1. The monoisotopic (exact) mass is 253 g/mol. The molecule has 0 spiro atoms. The molecule has 90 valence electrons. The molecule has 1 aliphatic rings. The van der Waals surface area contributed by atoms with Crippen molar-refractivity contribution >= 4 is 31.6 Å². The summed E-state index contributed by atoms with van der Waals surface area (Å²) in [5.41, 5.74) is 1.53. The minimum Gasteiger partial charge on any atom is -0.245 e. The fourth-order valence-corrected chi connectivity index (χ4v) is 4.23. The number of aromatic nitrogens is 1. The topological polar surface area (TPSA) is 12.9 Å². The first-order chi connectivity index (χ1) is 8.92. The van der Waals surface area contributed by atoms with Crippen LogP contribution in [-0.4, -0.2) is 4.98 Å². The molecule has 0 N–H and O–H groups in total. The number of thiophene rings is 1. The van der Waals surface area contributed by atoms with Gasteiger partial charge < -0.3 is 0 Å². The molecule has 0 amide bonds. The van der Waals surface area contributed by atoms with Crippen molar-refractivity contribution in [2.45, 2.75) is 31.6 Å². The smallest absolute Gasteiger partial charge is 0.124 e. The molecule has 1 aromatic carbocycles. The molecule has 0 saturated heterocycles. The maximum Gasteiger partial charge on any atom is 0.124 e. The van der Waals surface area contributed by atoms with E-state index >= 15 is 0 Å². The Labute approximate surface area is 110 Å². The number of benzene rings is 1. The van der Waals surface area contributed by atoms with Gasteiger partial charge >= 0.3 is 0 Å². The van der Waals surface area contributed by atoms with E-state index in [9.17, 15) is 0 Å². The summed E-state index contributed by atoms with van der Waals surface area (Å²) in [7, 11) is 0. The molecule has 1 aliphatic carbocycles. The second-order valence-electron chi connectivity index (χ2n) is 5.20. The van der Waals surface area contributed by atoms with Gasteiger partial charge in [0.2, 0.25) is 0 Å². The number of rotatable bonds is 1. The van der Waals surface area contributed by atoms with Crippen LogP contribution < -0.4 is 0 Å². The number of hydrogen-bond donors (Lipinski definition) is 0. The van der Waals surface area contributed by atoms with Crippen molar-refractivity contribution < 1.29 is 0 Å². The number of fused-ring (bicyclic) bond motifs is 3. The van der Waals surface area contributed by atoms with Crippen LogP contribution in [0.4, 0.5) is 0 Å². The zero-order valence-electron chi connectivity index (χ0n) is 10.2. The third-order valence-electron chi connectivity index (χ3n) is 4.10. The standard InChI is InChI=1S/C16H15NS/c1-2-5-11(4-1)12-7-8-13-14-6-3-9-17-16(14)18-15(13)10-12/h3,6-11H,1-2,4-5H2. The Kier molecular flexibility index (Phi) is 2.37. The van der Waals surface area contributed by atoms with E-state index in [1.165, 1.54) is 46.7 Å². The van der Waals surface area contributed by atoms with Crippen LogP contribution in [0.2, 0.25) is 0 Å². The summed E-state index contributed by atoms with van der Waals surface area (Å²) in [6.07, 6.45) is 7.42. The fraction of sp³-hybridized carbons (Fsp3) is 0.312. The molecule has 0 bridgehead atoms. The van der Waals surface area contributed by atoms with Gasteiger partial charge in [0.25, 0.3) is 0 Å². The molecule has 1 fully saturated rings. The molecule has 2 heterocycles. The van der Waals surface area contributed by atoms with Gasteiger partial charge in [0, 0.05) is 21.7 Å². The van der Waals surface area contributed by atoms with Crippen LogP contribution >= 0.6 is 11.3 Å². The summed E-state index contributed by atoms with van der Waals surface area (Å²) in [6.45, 7) is 0. The van der Waals surface area contributed by atoms with Crippen molar-refractivity contribution in [1.82, 2.24) is 4.98 Å². The highest BCUT2D eigenvalue weighted by atomic mass is 32.1. The van der Waals surface area contributed by atoms with Crippen molar-refractivity contribution in [1.29, 1.82) is 0 Å². The Balaban J connectivity index is 1.92. The molecule has 0 unspecified atom stereocenters. The summed E-state index contributed by atoms with van der Waals surface area (Å²) in [6, 6.07) is 11.2. The van der Waals surface area contributed by atoms with Crippen LogP contribution in [0, 0.1) is 0 Å². The normalized spacial score (nSPS) is 16.9. The predicted molar refractivity (Wildman–Crippen MR) is 78.3 cm³/mol. The zero-order chi connectivity index (χ0) is 11.9. The Morgan fingerprint density at radius 3 is 2.83 bits per heavy atom. The van der Waals surface area contributed by atoms with Gasteiger partial charge in [-0.25, -0.2) is 4.98 Å². The molecule has 0 aliphatic heterocycles. The number of pyridine rings is 1. The Morgan fingerprint density at radius 1 is 1.06 bits per heavy atom. The highest BCUT2D eigenvalue weighted by Crippen LogP contribution is 2.38. The zero-order valence-corrected chi connectivity index (χ0v) is 11.0. The summed E-state index contributed by atoms with van der Waals surface area (Å²) in [5, 5.41) is 2.67. The van der Waals surface area contributed by atoms with E-state index in [2.05, 4.69) is 29.2 Å². The third kappa shape index (κ3) is 1.56. The van der Waals surface area contributed by atoms with E-state index in [0.717, 1.165) is 10.7 Å². The van der Waals surface area contributed by atoms with E-state index in [1.807, 2.05) is 23.6 Å². The van der Waals surface area contributed by atoms with Gasteiger partial charge in [-0.2, -0.15) is 0 Å². The average molecular weight is 253 g/mol. The highest BCUT2D eigenvalue weighted by molar-refractivity contribution is 7.25. The molecular weight excluding hydrogens is 238 g/mol. The molecule has 2 aromatic heterocycles. The van der Waals surface area contributed by atoms with Gasteiger partial charge in [-0.1, -0.05) is 25.0 Å². The van der Waals surface area contributed by atoms with Gasteiger partial charge in [0.1, 0.15) is 4.83 Å².